The van der Waals surface area contributed by atoms with Crippen molar-refractivity contribution in [3.63, 3.8) is 0 Å². The number of benzene rings is 2. The highest BCUT2D eigenvalue weighted by atomic mass is 19.4. The molecule has 4 heterocycles. The molecule has 0 spiro atoms. The number of hydrogen-bond donors (Lipinski definition) is 4. The first-order valence-corrected chi connectivity index (χ1v) is 16.6. The van der Waals surface area contributed by atoms with Crippen LogP contribution in [-0.2, 0) is 22.6 Å². The maximum Gasteiger partial charge on any atom is 0.405 e. The van der Waals surface area contributed by atoms with Crippen molar-refractivity contribution in [3.05, 3.63) is 96.0 Å². The van der Waals surface area contributed by atoms with Crippen molar-refractivity contribution in [2.45, 2.75) is 49.9 Å². The molecule has 266 valence electrons. The minimum absolute atomic E-state index is 0.00201. The molecule has 4 N–H and O–H groups in total. The standard InChI is InChI=1S/C36H40F3N5O6/c37-36(38,39)22-41-35(48)29-20-43(19-27-16-24-7-1-3-9-31(24)50-27)12-13-44(29)18-26(45)15-25(14-23-6-5-11-40-17-23)34(47)42-33-28-8-2-4-10-32(28)49-21-30(33)46/h1-11,16-17,25-26,29-30,33,45-46H,12-15,18-22H2,(H,41,48)(H,42,47). The van der Waals surface area contributed by atoms with Gasteiger partial charge in [0.05, 0.1) is 18.7 Å². The van der Waals surface area contributed by atoms with E-state index in [9.17, 15) is 33.0 Å². The molecule has 2 aromatic heterocycles. The fourth-order valence-corrected chi connectivity index (χ4v) is 6.68. The minimum Gasteiger partial charge on any atom is -0.490 e. The number of rotatable bonds is 12. The molecule has 0 saturated carbocycles. The van der Waals surface area contributed by atoms with Crippen molar-refractivity contribution in [3.8, 4) is 5.75 Å². The van der Waals surface area contributed by atoms with Gasteiger partial charge >= 0.3 is 6.18 Å². The maximum atomic E-state index is 13.8. The van der Waals surface area contributed by atoms with Crippen LogP contribution in [0.5, 0.6) is 5.75 Å². The van der Waals surface area contributed by atoms with Gasteiger partial charge in [-0.25, -0.2) is 0 Å². The zero-order valence-corrected chi connectivity index (χ0v) is 27.3. The summed E-state index contributed by atoms with van der Waals surface area (Å²) in [5.74, 6) is -0.746. The molecule has 2 aliphatic rings. The van der Waals surface area contributed by atoms with Gasteiger partial charge in [0.25, 0.3) is 0 Å². The predicted molar refractivity (Wildman–Crippen MR) is 177 cm³/mol. The Labute approximate surface area is 287 Å². The van der Waals surface area contributed by atoms with E-state index in [1.807, 2.05) is 46.6 Å². The van der Waals surface area contributed by atoms with Crippen LogP contribution in [-0.4, -0.2) is 101 Å². The third-order valence-corrected chi connectivity index (χ3v) is 9.12. The fourth-order valence-electron chi connectivity index (χ4n) is 6.68. The second-order valence-corrected chi connectivity index (χ2v) is 12.9. The number of carbonyl (C=O) groups excluding carboxylic acids is 2. The lowest BCUT2D eigenvalue weighted by Gasteiger charge is -2.41. The Balaban J connectivity index is 1.16. The first-order valence-electron chi connectivity index (χ1n) is 16.6. The molecule has 5 atom stereocenters. The molecule has 1 saturated heterocycles. The van der Waals surface area contributed by atoms with E-state index >= 15 is 0 Å². The highest BCUT2D eigenvalue weighted by Gasteiger charge is 2.38. The van der Waals surface area contributed by atoms with Gasteiger partial charge in [0.1, 0.15) is 42.4 Å². The molecule has 6 rings (SSSR count). The summed E-state index contributed by atoms with van der Waals surface area (Å²) in [7, 11) is 0. The van der Waals surface area contributed by atoms with Gasteiger partial charge in [-0.3, -0.25) is 24.4 Å². The van der Waals surface area contributed by atoms with E-state index in [1.54, 1.807) is 47.6 Å². The summed E-state index contributed by atoms with van der Waals surface area (Å²) in [6.07, 6.45) is -3.24. The molecular weight excluding hydrogens is 655 g/mol. The number of nitrogens with zero attached hydrogens (tertiary/aromatic N) is 3. The molecule has 1 fully saturated rings. The number of hydrogen-bond acceptors (Lipinski definition) is 9. The number of furan rings is 1. The van der Waals surface area contributed by atoms with Crippen LogP contribution in [0.3, 0.4) is 0 Å². The number of aromatic nitrogens is 1. The summed E-state index contributed by atoms with van der Waals surface area (Å²) in [5.41, 5.74) is 2.11. The van der Waals surface area contributed by atoms with Crippen LogP contribution in [0, 0.1) is 5.92 Å². The lowest BCUT2D eigenvalue weighted by molar-refractivity contribution is -0.143. The zero-order valence-electron chi connectivity index (χ0n) is 27.3. The number of aliphatic hydroxyl groups excluding tert-OH is 2. The van der Waals surface area contributed by atoms with Crippen molar-refractivity contribution in [2.75, 3.05) is 39.3 Å². The number of amides is 2. The Morgan fingerprint density at radius 3 is 2.64 bits per heavy atom. The maximum absolute atomic E-state index is 13.8. The number of para-hydroxylation sites is 2. The molecule has 14 heteroatoms. The Morgan fingerprint density at radius 1 is 1.06 bits per heavy atom. The van der Waals surface area contributed by atoms with Crippen molar-refractivity contribution < 1.29 is 42.1 Å². The first kappa shape index (κ1) is 35.3. The fraction of sp³-hybridized carbons (Fsp3) is 0.417. The average molecular weight is 696 g/mol. The largest absolute Gasteiger partial charge is 0.490 e. The number of β-amino-alcohol motifs (C(OH)–C–C–N with tert-alkyl or cyclic N) is 1. The summed E-state index contributed by atoms with van der Waals surface area (Å²) in [5, 5.41) is 28.0. The van der Waals surface area contributed by atoms with Crippen LogP contribution >= 0.6 is 0 Å². The molecule has 5 unspecified atom stereocenters. The van der Waals surface area contributed by atoms with Gasteiger partial charge in [0.2, 0.25) is 11.8 Å². The predicted octanol–water partition coefficient (Wildman–Crippen LogP) is 3.21. The molecular formula is C36H40F3N5O6. The summed E-state index contributed by atoms with van der Waals surface area (Å²) in [4.78, 5) is 34.8. The van der Waals surface area contributed by atoms with Gasteiger partial charge in [-0.1, -0.05) is 42.5 Å². The number of nitrogens with one attached hydrogen (secondary N) is 2. The van der Waals surface area contributed by atoms with Crippen LogP contribution in [0.1, 0.15) is 29.3 Å². The Hall–Kier alpha value is -4.50. The smallest absolute Gasteiger partial charge is 0.405 e. The normalized spacial score (nSPS) is 21.2. The number of piperazine rings is 1. The van der Waals surface area contributed by atoms with Gasteiger partial charge in [-0.2, -0.15) is 13.2 Å². The number of aliphatic hydroxyl groups is 2. The van der Waals surface area contributed by atoms with E-state index in [1.165, 1.54) is 0 Å². The summed E-state index contributed by atoms with van der Waals surface area (Å²) < 4.78 is 50.8. The number of halogens is 3. The number of fused-ring (bicyclic) bond motifs is 2. The van der Waals surface area contributed by atoms with E-state index in [0.717, 1.165) is 10.9 Å². The molecule has 0 bridgehead atoms. The van der Waals surface area contributed by atoms with Crippen molar-refractivity contribution in [1.82, 2.24) is 25.4 Å². The lowest BCUT2D eigenvalue weighted by Crippen LogP contribution is -2.60. The van der Waals surface area contributed by atoms with Crippen LogP contribution in [0.15, 0.2) is 83.5 Å². The van der Waals surface area contributed by atoms with E-state index in [4.69, 9.17) is 9.15 Å². The average Bonchev–Trinajstić information content (AvgIpc) is 3.51. The van der Waals surface area contributed by atoms with Crippen LogP contribution in [0.2, 0.25) is 0 Å². The second kappa shape index (κ2) is 15.6. The summed E-state index contributed by atoms with van der Waals surface area (Å²) in [6.45, 7) is -0.326. The van der Waals surface area contributed by atoms with E-state index in [0.29, 0.717) is 35.7 Å². The Kier molecular flexibility index (Phi) is 11.0. The van der Waals surface area contributed by atoms with Crippen molar-refractivity contribution in [1.29, 1.82) is 0 Å². The van der Waals surface area contributed by atoms with Gasteiger partial charge in [-0.05, 0) is 42.7 Å². The lowest BCUT2D eigenvalue weighted by atomic mass is 9.91. The van der Waals surface area contributed by atoms with Gasteiger partial charge < -0.3 is 30.0 Å². The van der Waals surface area contributed by atoms with Crippen LogP contribution in [0.25, 0.3) is 11.0 Å². The number of ether oxygens (including phenoxy) is 1. The second-order valence-electron chi connectivity index (χ2n) is 12.9. The van der Waals surface area contributed by atoms with Gasteiger partial charge in [0, 0.05) is 55.4 Å². The van der Waals surface area contributed by atoms with E-state index in [2.05, 4.69) is 10.3 Å². The van der Waals surface area contributed by atoms with Crippen LogP contribution < -0.4 is 15.4 Å². The molecule has 0 aliphatic carbocycles. The SMILES string of the molecule is O=C(NC1c2ccccc2OCC1O)C(Cc1cccnc1)CC(O)CN1CCN(Cc2cc3ccccc3o2)CC1C(=O)NCC(F)(F)F. The van der Waals surface area contributed by atoms with Gasteiger partial charge in [-0.15, -0.1) is 0 Å². The number of alkyl halides is 3. The quantitative estimate of drug-likeness (QED) is 0.176. The number of pyridine rings is 1. The molecule has 11 nitrogen and oxygen atoms in total. The third-order valence-electron chi connectivity index (χ3n) is 9.12. The molecule has 2 aliphatic heterocycles. The molecule has 50 heavy (non-hydrogen) atoms. The topological polar surface area (TPSA) is 140 Å². The van der Waals surface area contributed by atoms with Crippen LogP contribution in [0.4, 0.5) is 13.2 Å². The Bertz CT molecular complexity index is 1720. The number of carbonyl (C=O) groups is 2. The molecule has 4 aromatic rings. The molecule has 2 aromatic carbocycles. The minimum atomic E-state index is -4.59. The third kappa shape index (κ3) is 8.99. The van der Waals surface area contributed by atoms with E-state index in [-0.39, 0.29) is 39.1 Å². The summed E-state index contributed by atoms with van der Waals surface area (Å²) in [6, 6.07) is 18.4. The summed E-state index contributed by atoms with van der Waals surface area (Å²) >= 11 is 0. The highest BCUT2D eigenvalue weighted by molar-refractivity contribution is 5.82. The monoisotopic (exact) mass is 695 g/mol. The molecule has 0 radical (unpaired) electrons. The highest BCUT2D eigenvalue weighted by Crippen LogP contribution is 2.32. The van der Waals surface area contributed by atoms with Crippen molar-refractivity contribution in [2.24, 2.45) is 5.92 Å². The van der Waals surface area contributed by atoms with E-state index < -0.39 is 54.7 Å². The zero-order chi connectivity index (χ0) is 35.3. The van der Waals surface area contributed by atoms with Crippen molar-refractivity contribution >= 4 is 22.8 Å². The van der Waals surface area contributed by atoms with Gasteiger partial charge in [0.15, 0.2) is 0 Å². The molecule has 2 amide bonds. The Morgan fingerprint density at radius 2 is 1.86 bits per heavy atom. The first-order chi connectivity index (χ1) is 24.0.